The van der Waals surface area contributed by atoms with E-state index in [1.807, 2.05) is 63.2 Å². The van der Waals surface area contributed by atoms with Crippen LogP contribution in [0.4, 0.5) is 5.82 Å². The summed E-state index contributed by atoms with van der Waals surface area (Å²) in [5.41, 5.74) is 4.00. The highest BCUT2D eigenvalue weighted by atomic mass is 35.5. The molecular formula is C26H24ClN5O2. The summed E-state index contributed by atoms with van der Waals surface area (Å²) in [5, 5.41) is 18.4. The van der Waals surface area contributed by atoms with Gasteiger partial charge in [0, 0.05) is 16.8 Å². The third kappa shape index (κ3) is 4.87. The Hall–Kier alpha value is -3.89. The Morgan fingerprint density at radius 2 is 1.88 bits per heavy atom. The van der Waals surface area contributed by atoms with Crippen LogP contribution in [-0.2, 0) is 4.79 Å². The molecule has 4 rings (SSSR count). The summed E-state index contributed by atoms with van der Waals surface area (Å²) < 4.78 is 7.27. The van der Waals surface area contributed by atoms with Gasteiger partial charge in [-0.25, -0.2) is 4.98 Å². The van der Waals surface area contributed by atoms with Gasteiger partial charge in [0.25, 0.3) is 0 Å². The number of aromatic nitrogens is 3. The Kier molecular flexibility index (Phi) is 6.80. The van der Waals surface area contributed by atoms with Gasteiger partial charge < -0.3 is 10.1 Å². The number of carbonyl (C=O) groups is 1. The van der Waals surface area contributed by atoms with Gasteiger partial charge in [0.2, 0.25) is 5.91 Å². The number of aryl methyl sites for hydroxylation is 3. The molecule has 1 amide bonds. The quantitative estimate of drug-likeness (QED) is 0.349. The molecule has 7 nitrogen and oxygen atoms in total. The van der Waals surface area contributed by atoms with Gasteiger partial charge in [-0.05, 0) is 68.1 Å². The van der Waals surface area contributed by atoms with Crippen molar-refractivity contribution in [3.05, 3.63) is 75.9 Å². The molecule has 0 spiro atoms. The number of ether oxygens (including phenoxy) is 1. The van der Waals surface area contributed by atoms with E-state index in [1.165, 1.54) is 10.9 Å². The highest BCUT2D eigenvalue weighted by Crippen LogP contribution is 2.26. The summed E-state index contributed by atoms with van der Waals surface area (Å²) >= 11 is 6.20. The maximum absolute atomic E-state index is 12.7. The van der Waals surface area contributed by atoms with E-state index in [1.54, 1.807) is 0 Å². The van der Waals surface area contributed by atoms with Crippen LogP contribution >= 0.6 is 11.6 Å². The average Bonchev–Trinajstić information content (AvgIpc) is 3.22. The summed E-state index contributed by atoms with van der Waals surface area (Å²) in [7, 11) is 0. The SMILES string of the molecule is Cc1cc(OCCCC(=O)Nc2c(C#N)cnn2-c2cc(C)c3ccccc3n2)cc(C)c1Cl. The molecule has 8 heteroatoms. The van der Waals surface area contributed by atoms with Crippen molar-refractivity contribution in [2.75, 3.05) is 11.9 Å². The van der Waals surface area contributed by atoms with Crippen molar-refractivity contribution in [3.8, 4) is 17.6 Å². The molecule has 0 saturated carbocycles. The lowest BCUT2D eigenvalue weighted by molar-refractivity contribution is -0.116. The van der Waals surface area contributed by atoms with Gasteiger partial charge in [-0.1, -0.05) is 29.8 Å². The summed E-state index contributed by atoms with van der Waals surface area (Å²) in [6, 6.07) is 15.5. The average molecular weight is 474 g/mol. The van der Waals surface area contributed by atoms with Crippen LogP contribution in [0.25, 0.3) is 16.7 Å². The second kappa shape index (κ2) is 9.94. The predicted molar refractivity (Wildman–Crippen MR) is 133 cm³/mol. The molecule has 34 heavy (non-hydrogen) atoms. The number of benzene rings is 2. The fourth-order valence-corrected chi connectivity index (χ4v) is 3.88. The Morgan fingerprint density at radius 1 is 1.15 bits per heavy atom. The van der Waals surface area contributed by atoms with Crippen LogP contribution in [0.2, 0.25) is 5.02 Å². The van der Waals surface area contributed by atoms with Crippen LogP contribution in [0.1, 0.15) is 35.1 Å². The smallest absolute Gasteiger partial charge is 0.225 e. The molecule has 0 aliphatic carbocycles. The Bertz CT molecular complexity index is 1400. The molecule has 0 saturated heterocycles. The first-order valence-electron chi connectivity index (χ1n) is 10.9. The summed E-state index contributed by atoms with van der Waals surface area (Å²) in [6.45, 7) is 6.22. The monoisotopic (exact) mass is 473 g/mol. The van der Waals surface area contributed by atoms with E-state index in [4.69, 9.17) is 16.3 Å². The number of hydrogen-bond donors (Lipinski definition) is 1. The van der Waals surface area contributed by atoms with E-state index in [0.717, 1.165) is 38.4 Å². The van der Waals surface area contributed by atoms with E-state index < -0.39 is 0 Å². The molecule has 0 fully saturated rings. The summed E-state index contributed by atoms with van der Waals surface area (Å²) in [4.78, 5) is 17.3. The van der Waals surface area contributed by atoms with E-state index in [0.29, 0.717) is 24.7 Å². The van der Waals surface area contributed by atoms with Gasteiger partial charge in [0.05, 0.1) is 18.3 Å². The van der Waals surface area contributed by atoms with E-state index in [-0.39, 0.29) is 17.9 Å². The minimum Gasteiger partial charge on any atom is -0.494 e. The predicted octanol–water partition coefficient (Wildman–Crippen LogP) is 5.67. The minimum atomic E-state index is -0.233. The maximum atomic E-state index is 12.7. The summed E-state index contributed by atoms with van der Waals surface area (Å²) in [5.74, 6) is 1.33. The highest BCUT2D eigenvalue weighted by molar-refractivity contribution is 6.32. The normalized spacial score (nSPS) is 10.8. The first-order valence-corrected chi connectivity index (χ1v) is 11.3. The highest BCUT2D eigenvalue weighted by Gasteiger charge is 2.17. The van der Waals surface area contributed by atoms with Crippen molar-refractivity contribution < 1.29 is 9.53 Å². The molecule has 2 heterocycles. The zero-order valence-corrected chi connectivity index (χ0v) is 20.0. The summed E-state index contributed by atoms with van der Waals surface area (Å²) in [6.07, 6.45) is 2.16. The van der Waals surface area contributed by atoms with Crippen LogP contribution in [0.5, 0.6) is 5.75 Å². The first-order chi connectivity index (χ1) is 16.4. The standard InChI is InChI=1S/C26H24ClN5O2/c1-16-13-23(30-22-8-5-4-7-21(16)22)32-26(19(14-28)15-29-32)31-24(33)9-6-10-34-20-11-17(2)25(27)18(3)12-20/h4-5,7-8,11-13,15H,6,9-10H2,1-3H3,(H,31,33). The topological polar surface area (TPSA) is 92.8 Å². The van der Waals surface area contributed by atoms with Crippen LogP contribution in [0.3, 0.4) is 0 Å². The molecular weight excluding hydrogens is 450 g/mol. The Morgan fingerprint density at radius 3 is 2.62 bits per heavy atom. The number of halogens is 1. The number of carbonyl (C=O) groups excluding carboxylic acids is 1. The number of nitriles is 1. The lowest BCUT2D eigenvalue weighted by Crippen LogP contribution is -2.17. The number of fused-ring (bicyclic) bond motifs is 1. The Labute approximate surface area is 202 Å². The number of nitrogens with one attached hydrogen (secondary N) is 1. The molecule has 0 radical (unpaired) electrons. The van der Waals surface area contributed by atoms with Gasteiger partial charge in [-0.15, -0.1) is 0 Å². The zero-order valence-electron chi connectivity index (χ0n) is 19.2. The van der Waals surface area contributed by atoms with Crippen molar-refractivity contribution in [3.63, 3.8) is 0 Å². The second-order valence-electron chi connectivity index (χ2n) is 8.12. The van der Waals surface area contributed by atoms with Crippen LogP contribution in [0, 0.1) is 32.1 Å². The zero-order chi connectivity index (χ0) is 24.2. The minimum absolute atomic E-state index is 0.228. The van der Waals surface area contributed by atoms with Crippen LogP contribution < -0.4 is 10.1 Å². The first kappa shape index (κ1) is 23.3. The van der Waals surface area contributed by atoms with Crippen molar-refractivity contribution in [1.82, 2.24) is 14.8 Å². The fourth-order valence-electron chi connectivity index (χ4n) is 3.77. The molecule has 1 N–H and O–H groups in total. The number of amides is 1. The van der Waals surface area contributed by atoms with E-state index in [9.17, 15) is 10.1 Å². The molecule has 0 atom stereocenters. The van der Waals surface area contributed by atoms with E-state index >= 15 is 0 Å². The van der Waals surface area contributed by atoms with Crippen LogP contribution in [0.15, 0.2) is 48.7 Å². The number of hydrogen-bond acceptors (Lipinski definition) is 5. The van der Waals surface area contributed by atoms with Gasteiger partial charge in [-0.2, -0.15) is 15.0 Å². The largest absolute Gasteiger partial charge is 0.494 e. The number of nitrogens with zero attached hydrogens (tertiary/aromatic N) is 4. The molecule has 0 aliphatic heterocycles. The van der Waals surface area contributed by atoms with E-state index in [2.05, 4.69) is 21.5 Å². The molecule has 2 aromatic carbocycles. The third-order valence-electron chi connectivity index (χ3n) is 5.50. The number of rotatable bonds is 7. The molecule has 0 aliphatic rings. The molecule has 0 bridgehead atoms. The lowest BCUT2D eigenvalue weighted by atomic mass is 10.1. The number of pyridine rings is 1. The third-order valence-corrected chi connectivity index (χ3v) is 6.10. The number of anilines is 1. The molecule has 4 aromatic rings. The number of para-hydroxylation sites is 1. The molecule has 2 aromatic heterocycles. The van der Waals surface area contributed by atoms with Crippen molar-refractivity contribution in [2.45, 2.75) is 33.6 Å². The van der Waals surface area contributed by atoms with Gasteiger partial charge in [-0.3, -0.25) is 4.79 Å². The van der Waals surface area contributed by atoms with Gasteiger partial charge in [0.1, 0.15) is 17.4 Å². The Balaban J connectivity index is 1.44. The fraction of sp³-hybridized carbons (Fsp3) is 0.231. The second-order valence-corrected chi connectivity index (χ2v) is 8.49. The van der Waals surface area contributed by atoms with Crippen molar-refractivity contribution in [1.29, 1.82) is 5.26 Å². The van der Waals surface area contributed by atoms with Crippen molar-refractivity contribution >= 4 is 34.2 Å². The molecule has 0 unspecified atom stereocenters. The molecule has 172 valence electrons. The maximum Gasteiger partial charge on any atom is 0.225 e. The van der Waals surface area contributed by atoms with Crippen LogP contribution in [-0.4, -0.2) is 27.3 Å². The van der Waals surface area contributed by atoms with Gasteiger partial charge in [0.15, 0.2) is 11.6 Å². The van der Waals surface area contributed by atoms with Crippen molar-refractivity contribution in [2.24, 2.45) is 0 Å². The van der Waals surface area contributed by atoms with Gasteiger partial charge >= 0.3 is 0 Å². The lowest BCUT2D eigenvalue weighted by Gasteiger charge is -2.12.